The summed E-state index contributed by atoms with van der Waals surface area (Å²) < 4.78 is 4.83. The maximum absolute atomic E-state index is 11.7. The summed E-state index contributed by atoms with van der Waals surface area (Å²) in [7, 11) is 0. The number of benzene rings is 6. The Kier molecular flexibility index (Phi) is 46.5. The molecule has 2 heterocycles. The standard InChI is InChI=1S/2C20H16N2O2.2C5H5N.C4H10O.3NO3.Nd.2Zn/c2*23-19-11-5-1-7-15(19)13-21-17-9-3-4-10-18(17)22-14-16-8-2-6-12-20(16)24;2*1-2-4-6-5-3-1;1-3-5-4-2;3*2-1(3)4;;;/h2*1-14,23-24H;2*1-5H;3-4H2,1-2H3;;;;;;/q;;;;;3*-1;+3;2*+2/p-4. The molecular weight excluding hydrogens is 1270 g/mol. The number of pyridine rings is 2. The number of ether oxygens (including phenoxy) is 1. The molecule has 80 heavy (non-hydrogen) atoms. The summed E-state index contributed by atoms with van der Waals surface area (Å²) in [5, 5.41) is 91.1. The first-order valence-corrected chi connectivity index (χ1v) is 22.2. The molecule has 0 aliphatic carbocycles. The average Bonchev–Trinajstić information content (AvgIpc) is 3.42. The van der Waals surface area contributed by atoms with Gasteiger partial charge in [0.1, 0.15) is 0 Å². The van der Waals surface area contributed by atoms with Crippen molar-refractivity contribution < 1.29 is 120 Å². The van der Waals surface area contributed by atoms with Crippen LogP contribution in [0.4, 0.5) is 22.7 Å². The zero-order chi connectivity index (χ0) is 56.9. The van der Waals surface area contributed by atoms with E-state index in [1.807, 2.05) is 74.5 Å². The molecule has 26 heteroatoms. The van der Waals surface area contributed by atoms with Gasteiger partial charge in [-0.3, -0.25) is 29.9 Å². The van der Waals surface area contributed by atoms with E-state index < -0.39 is 15.3 Å². The molecule has 0 N–H and O–H groups in total. The minimum Gasteiger partial charge on any atom is -0.872 e. The molecule has 2 aromatic heterocycles. The number of nitrogens with zero attached hydrogens (tertiary/aromatic N) is 9. The van der Waals surface area contributed by atoms with Gasteiger partial charge in [-0.15, -0.1) is 23.0 Å². The monoisotopic (exact) mass is 1320 g/mol. The zero-order valence-corrected chi connectivity index (χ0v) is 52.2. The first-order valence-electron chi connectivity index (χ1n) is 22.2. The minimum absolute atomic E-state index is 0. The van der Waals surface area contributed by atoms with Crippen molar-refractivity contribution in [3.05, 3.63) is 275 Å². The van der Waals surface area contributed by atoms with Crippen molar-refractivity contribution in [2.45, 2.75) is 13.8 Å². The normalized spacial score (nSPS) is 9.43. The minimum atomic E-state index is -1.75. The second-order valence-electron chi connectivity index (χ2n) is 13.7. The van der Waals surface area contributed by atoms with Crippen LogP contribution in [-0.2, 0) is 43.7 Å². The molecule has 8 rings (SSSR count). The number of rotatable bonds is 10. The van der Waals surface area contributed by atoms with E-state index in [1.165, 1.54) is 49.1 Å². The third kappa shape index (κ3) is 39.1. The Hall–Kier alpha value is -8.34. The van der Waals surface area contributed by atoms with Crippen LogP contribution >= 0.6 is 0 Å². The molecular formula is C54H48N9NdO14Zn2. The molecule has 401 valence electrons. The molecule has 1 radical (unpaired) electrons. The Balaban J connectivity index is -0.000000972. The Bertz CT molecular complexity index is 2620. The van der Waals surface area contributed by atoms with E-state index in [0.717, 1.165) is 13.2 Å². The summed E-state index contributed by atoms with van der Waals surface area (Å²) in [6, 6.07) is 52.8. The van der Waals surface area contributed by atoms with E-state index in [-0.39, 0.29) is 103 Å². The predicted octanol–water partition coefficient (Wildman–Crippen LogP) is 9.15. The third-order valence-electron chi connectivity index (χ3n) is 8.35. The zero-order valence-electron chi connectivity index (χ0n) is 43.0. The van der Waals surface area contributed by atoms with E-state index in [2.05, 4.69) is 29.9 Å². The number of para-hydroxylation sites is 8. The summed E-state index contributed by atoms with van der Waals surface area (Å²) in [6.45, 7) is 5.67. The van der Waals surface area contributed by atoms with Crippen molar-refractivity contribution in [2.75, 3.05) is 13.2 Å². The third-order valence-corrected chi connectivity index (χ3v) is 8.35. The largest absolute Gasteiger partial charge is 3.00 e. The summed E-state index contributed by atoms with van der Waals surface area (Å²) in [5.41, 5.74) is 4.56. The van der Waals surface area contributed by atoms with Gasteiger partial charge in [-0.2, -0.15) is 0 Å². The fraction of sp³-hybridized carbons (Fsp3) is 0.0741. The van der Waals surface area contributed by atoms with E-state index in [0.29, 0.717) is 45.0 Å². The van der Waals surface area contributed by atoms with Crippen LogP contribution in [-0.4, -0.2) is 63.3 Å². The van der Waals surface area contributed by atoms with Crippen LogP contribution in [0.3, 0.4) is 0 Å². The SMILES string of the molecule is CCOCC.O=[N+]([O-])[O-].O=[N+]([O-])[O-].O=[N+]([O-])[O-].[Nd+3].[O-]c1ccccc1C=Nc1ccccc1N=Cc1ccccc1[O-].[O-]c1ccccc1C=Nc1ccccc1N=Cc1ccccc1[O-].[Zn+2].[Zn+2].c1ccncc1.c1ccncc1. The van der Waals surface area contributed by atoms with Gasteiger partial charge >= 0.3 is 79.8 Å². The molecule has 0 saturated carbocycles. The van der Waals surface area contributed by atoms with E-state index in [1.54, 1.807) is 122 Å². The summed E-state index contributed by atoms with van der Waals surface area (Å²) in [4.78, 5) is 49.7. The van der Waals surface area contributed by atoms with Gasteiger partial charge in [0.25, 0.3) is 0 Å². The van der Waals surface area contributed by atoms with Gasteiger partial charge in [0.15, 0.2) is 0 Å². The quantitative estimate of drug-likeness (QED) is 0.0533. The molecule has 0 bridgehead atoms. The van der Waals surface area contributed by atoms with Crippen molar-refractivity contribution in [3.63, 3.8) is 0 Å². The molecule has 0 aliphatic rings. The van der Waals surface area contributed by atoms with Crippen LogP contribution in [0.1, 0.15) is 36.1 Å². The van der Waals surface area contributed by atoms with Crippen molar-refractivity contribution in [1.82, 2.24) is 9.97 Å². The molecule has 0 spiro atoms. The molecule has 0 aliphatic heterocycles. The van der Waals surface area contributed by atoms with Crippen molar-refractivity contribution in [3.8, 4) is 23.0 Å². The fourth-order valence-electron chi connectivity index (χ4n) is 5.10. The summed E-state index contributed by atoms with van der Waals surface area (Å²) >= 11 is 0. The van der Waals surface area contributed by atoms with E-state index in [4.69, 9.17) is 50.7 Å². The maximum atomic E-state index is 11.7. The van der Waals surface area contributed by atoms with Crippen LogP contribution in [0.15, 0.2) is 227 Å². The molecule has 8 aromatic rings. The molecule has 0 unspecified atom stereocenters. The fourth-order valence-corrected chi connectivity index (χ4v) is 5.10. The molecule has 0 fully saturated rings. The van der Waals surface area contributed by atoms with E-state index in [9.17, 15) is 20.4 Å². The Morgan fingerprint density at radius 1 is 0.362 bits per heavy atom. The summed E-state index contributed by atoms with van der Waals surface area (Å²) in [5.74, 6) is -0.324. The first kappa shape index (κ1) is 75.9. The Labute approximate surface area is 518 Å². The smallest absolute Gasteiger partial charge is 0.872 e. The molecule has 0 atom stereocenters. The van der Waals surface area contributed by atoms with Gasteiger partial charge in [-0.05, 0) is 84.6 Å². The second kappa shape index (κ2) is 49.0. The van der Waals surface area contributed by atoms with Crippen LogP contribution in [0, 0.1) is 86.8 Å². The molecule has 6 aromatic carbocycles. The average molecular weight is 1320 g/mol. The maximum Gasteiger partial charge on any atom is 3.00 e. The van der Waals surface area contributed by atoms with Crippen molar-refractivity contribution in [1.29, 1.82) is 0 Å². The van der Waals surface area contributed by atoms with E-state index >= 15 is 0 Å². The van der Waals surface area contributed by atoms with Gasteiger partial charge in [0.2, 0.25) is 0 Å². The van der Waals surface area contributed by atoms with Crippen LogP contribution < -0.4 is 20.4 Å². The number of aromatic nitrogens is 2. The second-order valence-corrected chi connectivity index (χ2v) is 13.7. The van der Waals surface area contributed by atoms with Crippen molar-refractivity contribution in [2.24, 2.45) is 20.0 Å². The van der Waals surface area contributed by atoms with Gasteiger partial charge < -0.3 is 71.1 Å². The van der Waals surface area contributed by atoms with Gasteiger partial charge in [0, 0.05) is 62.9 Å². The number of hydrogen-bond donors (Lipinski definition) is 0. The molecule has 0 saturated heterocycles. The summed E-state index contributed by atoms with van der Waals surface area (Å²) in [6.07, 6.45) is 13.1. The molecule has 0 amide bonds. The van der Waals surface area contributed by atoms with Crippen LogP contribution in [0.5, 0.6) is 23.0 Å². The van der Waals surface area contributed by atoms with Gasteiger partial charge in [0.05, 0.1) is 38.0 Å². The van der Waals surface area contributed by atoms with Crippen molar-refractivity contribution >= 4 is 47.6 Å². The molecule has 23 nitrogen and oxygen atoms in total. The van der Waals surface area contributed by atoms with Gasteiger partial charge in [-0.1, -0.05) is 133 Å². The van der Waals surface area contributed by atoms with Crippen LogP contribution in [0.2, 0.25) is 0 Å². The Morgan fingerprint density at radius 2 is 0.550 bits per heavy atom. The van der Waals surface area contributed by atoms with Crippen LogP contribution in [0.25, 0.3) is 0 Å². The number of hydrogen-bond acceptors (Lipinski definition) is 20. The Morgan fingerprint density at radius 3 is 0.688 bits per heavy atom. The topological polar surface area (TPSA) is 375 Å². The first-order chi connectivity index (χ1) is 37.1. The number of aliphatic imine (C=N–C) groups is 4. The van der Waals surface area contributed by atoms with Gasteiger partial charge in [-0.25, -0.2) is 0 Å². The predicted molar refractivity (Wildman–Crippen MR) is 287 cm³/mol.